The minimum atomic E-state index is -0.302. The third kappa shape index (κ3) is 3.29. The topological polar surface area (TPSA) is 24.4 Å². The van der Waals surface area contributed by atoms with Crippen molar-refractivity contribution in [2.75, 3.05) is 5.43 Å². The fourth-order valence-electron chi connectivity index (χ4n) is 1.31. The summed E-state index contributed by atoms with van der Waals surface area (Å²) in [5.41, 5.74) is 3.97. The van der Waals surface area contributed by atoms with Crippen LogP contribution in [0.3, 0.4) is 0 Å². The first-order valence-electron chi connectivity index (χ1n) is 5.05. The quantitative estimate of drug-likeness (QED) is 0.646. The minimum absolute atomic E-state index is 0.302. The fraction of sp³-hybridized carbons (Fsp3) is 0. The van der Waals surface area contributed by atoms with Crippen molar-refractivity contribution in [1.82, 2.24) is 0 Å². The van der Waals surface area contributed by atoms with Gasteiger partial charge in [-0.3, -0.25) is 5.43 Å². The van der Waals surface area contributed by atoms with Gasteiger partial charge >= 0.3 is 0 Å². The molecule has 1 N–H and O–H groups in total. The van der Waals surface area contributed by atoms with Crippen molar-refractivity contribution in [3.05, 3.63) is 64.9 Å². The zero-order valence-corrected chi connectivity index (χ0v) is 9.66. The highest BCUT2D eigenvalue weighted by atomic mass is 35.5. The smallest absolute Gasteiger partial charge is 0.132 e. The molecule has 0 amide bonds. The Morgan fingerprint density at radius 3 is 2.71 bits per heavy atom. The van der Waals surface area contributed by atoms with Gasteiger partial charge in [0.15, 0.2) is 0 Å². The molecule has 2 nitrogen and oxygen atoms in total. The Bertz CT molecular complexity index is 540. The van der Waals surface area contributed by atoms with Gasteiger partial charge in [-0.25, -0.2) is 4.39 Å². The fourth-order valence-corrected chi connectivity index (χ4v) is 1.50. The Labute approximate surface area is 104 Å². The third-order valence-electron chi connectivity index (χ3n) is 2.13. The van der Waals surface area contributed by atoms with E-state index in [4.69, 9.17) is 11.6 Å². The second kappa shape index (κ2) is 5.46. The molecule has 2 rings (SSSR count). The SMILES string of the molecule is Fc1ccccc1/C=N\Nc1cccc(Cl)c1. The van der Waals surface area contributed by atoms with Crippen molar-refractivity contribution in [2.24, 2.45) is 5.10 Å². The van der Waals surface area contributed by atoms with Gasteiger partial charge in [0.1, 0.15) is 5.82 Å². The Balaban J connectivity index is 2.06. The highest BCUT2D eigenvalue weighted by Crippen LogP contribution is 2.14. The van der Waals surface area contributed by atoms with Crippen molar-refractivity contribution in [1.29, 1.82) is 0 Å². The maximum absolute atomic E-state index is 13.2. The second-order valence-electron chi connectivity index (χ2n) is 3.40. The van der Waals surface area contributed by atoms with Crippen LogP contribution in [0.1, 0.15) is 5.56 Å². The molecule has 2 aromatic carbocycles. The van der Waals surface area contributed by atoms with E-state index in [2.05, 4.69) is 10.5 Å². The lowest BCUT2D eigenvalue weighted by molar-refractivity contribution is 0.626. The summed E-state index contributed by atoms with van der Waals surface area (Å²) in [6, 6.07) is 13.6. The third-order valence-corrected chi connectivity index (χ3v) is 2.36. The van der Waals surface area contributed by atoms with Crippen LogP contribution in [-0.2, 0) is 0 Å². The normalized spacial score (nSPS) is 10.7. The maximum atomic E-state index is 13.2. The van der Waals surface area contributed by atoms with Gasteiger partial charge in [0.2, 0.25) is 0 Å². The first kappa shape index (κ1) is 11.6. The van der Waals surface area contributed by atoms with E-state index >= 15 is 0 Å². The molecule has 17 heavy (non-hydrogen) atoms. The minimum Gasteiger partial charge on any atom is -0.278 e. The monoisotopic (exact) mass is 248 g/mol. The number of nitrogens with one attached hydrogen (secondary N) is 1. The number of hydrazone groups is 1. The summed E-state index contributed by atoms with van der Waals surface area (Å²) in [6.07, 6.45) is 1.43. The van der Waals surface area contributed by atoms with Crippen LogP contribution in [0, 0.1) is 5.82 Å². The van der Waals surface area contributed by atoms with Gasteiger partial charge in [0.05, 0.1) is 11.9 Å². The number of hydrogen-bond acceptors (Lipinski definition) is 2. The van der Waals surface area contributed by atoms with E-state index in [-0.39, 0.29) is 5.82 Å². The lowest BCUT2D eigenvalue weighted by atomic mass is 10.2. The molecule has 0 saturated heterocycles. The van der Waals surface area contributed by atoms with Gasteiger partial charge in [-0.1, -0.05) is 35.9 Å². The van der Waals surface area contributed by atoms with E-state index in [0.717, 1.165) is 5.69 Å². The zero-order chi connectivity index (χ0) is 12.1. The van der Waals surface area contributed by atoms with Crippen LogP contribution in [0.4, 0.5) is 10.1 Å². The Kier molecular flexibility index (Phi) is 3.73. The summed E-state index contributed by atoms with van der Waals surface area (Å²) in [5, 5.41) is 4.56. The predicted octanol–water partition coefficient (Wildman–Crippen LogP) is 3.93. The van der Waals surface area contributed by atoms with Crippen LogP contribution in [0.5, 0.6) is 0 Å². The van der Waals surface area contributed by atoms with Gasteiger partial charge < -0.3 is 0 Å². The summed E-state index contributed by atoms with van der Waals surface area (Å²) in [6.45, 7) is 0. The highest BCUT2D eigenvalue weighted by molar-refractivity contribution is 6.30. The number of halogens is 2. The standard InChI is InChI=1S/C13H10ClFN2/c14-11-5-3-6-12(8-11)17-16-9-10-4-1-2-7-13(10)15/h1-9,17H/b16-9-. The van der Waals surface area contributed by atoms with Crippen molar-refractivity contribution in [3.63, 3.8) is 0 Å². The Morgan fingerprint density at radius 2 is 1.94 bits per heavy atom. The van der Waals surface area contributed by atoms with Crippen LogP contribution in [0.2, 0.25) is 5.02 Å². The van der Waals surface area contributed by atoms with E-state index in [0.29, 0.717) is 10.6 Å². The number of anilines is 1. The summed E-state index contributed by atoms with van der Waals surface area (Å²) >= 11 is 5.81. The van der Waals surface area contributed by atoms with Crippen LogP contribution in [-0.4, -0.2) is 6.21 Å². The number of nitrogens with zero attached hydrogens (tertiary/aromatic N) is 1. The lowest BCUT2D eigenvalue weighted by Gasteiger charge is -2.00. The molecule has 0 heterocycles. The number of rotatable bonds is 3. The number of hydrogen-bond donors (Lipinski definition) is 1. The van der Waals surface area contributed by atoms with Crippen molar-refractivity contribution in [2.45, 2.75) is 0 Å². The molecule has 0 unspecified atom stereocenters. The van der Waals surface area contributed by atoms with Crippen molar-refractivity contribution < 1.29 is 4.39 Å². The summed E-state index contributed by atoms with van der Waals surface area (Å²) in [7, 11) is 0. The highest BCUT2D eigenvalue weighted by Gasteiger charge is 1.95. The molecule has 0 spiro atoms. The van der Waals surface area contributed by atoms with Gasteiger partial charge in [-0.05, 0) is 24.3 Å². The first-order valence-corrected chi connectivity index (χ1v) is 5.43. The molecular formula is C13H10ClFN2. The molecule has 0 radical (unpaired) electrons. The Hall–Kier alpha value is -1.87. The molecule has 0 aliphatic heterocycles. The number of benzene rings is 2. The molecule has 0 aromatic heterocycles. The van der Waals surface area contributed by atoms with Gasteiger partial charge in [-0.15, -0.1) is 0 Å². The molecule has 86 valence electrons. The Morgan fingerprint density at radius 1 is 1.12 bits per heavy atom. The van der Waals surface area contributed by atoms with Gasteiger partial charge in [0.25, 0.3) is 0 Å². The van der Waals surface area contributed by atoms with E-state index in [1.807, 2.05) is 12.1 Å². The predicted molar refractivity (Wildman–Crippen MR) is 69.1 cm³/mol. The maximum Gasteiger partial charge on any atom is 0.132 e. The van der Waals surface area contributed by atoms with Crippen LogP contribution in [0.25, 0.3) is 0 Å². The summed E-state index contributed by atoms with van der Waals surface area (Å²) in [4.78, 5) is 0. The average Bonchev–Trinajstić information content (AvgIpc) is 2.32. The van der Waals surface area contributed by atoms with E-state index in [1.54, 1.807) is 30.3 Å². The molecule has 0 fully saturated rings. The largest absolute Gasteiger partial charge is 0.278 e. The van der Waals surface area contributed by atoms with Crippen molar-refractivity contribution >= 4 is 23.5 Å². The molecule has 0 bridgehead atoms. The molecule has 0 aliphatic rings. The van der Waals surface area contributed by atoms with E-state index < -0.39 is 0 Å². The summed E-state index contributed by atoms with van der Waals surface area (Å²) < 4.78 is 13.2. The lowest BCUT2D eigenvalue weighted by Crippen LogP contribution is -1.92. The van der Waals surface area contributed by atoms with Crippen LogP contribution >= 0.6 is 11.6 Å². The van der Waals surface area contributed by atoms with Crippen LogP contribution < -0.4 is 5.43 Å². The first-order chi connectivity index (χ1) is 8.25. The molecule has 0 aliphatic carbocycles. The van der Waals surface area contributed by atoms with Crippen LogP contribution in [0.15, 0.2) is 53.6 Å². The molecule has 2 aromatic rings. The molecular weight excluding hydrogens is 239 g/mol. The van der Waals surface area contributed by atoms with Gasteiger partial charge in [0, 0.05) is 10.6 Å². The zero-order valence-electron chi connectivity index (χ0n) is 8.90. The molecule has 0 atom stereocenters. The average molecular weight is 249 g/mol. The summed E-state index contributed by atoms with van der Waals surface area (Å²) in [5.74, 6) is -0.302. The molecule has 4 heteroatoms. The van der Waals surface area contributed by atoms with E-state index in [9.17, 15) is 4.39 Å². The molecule has 0 saturated carbocycles. The van der Waals surface area contributed by atoms with E-state index in [1.165, 1.54) is 12.3 Å². The second-order valence-corrected chi connectivity index (χ2v) is 3.84. The van der Waals surface area contributed by atoms with Gasteiger partial charge in [-0.2, -0.15) is 5.10 Å². The van der Waals surface area contributed by atoms with Crippen molar-refractivity contribution in [3.8, 4) is 0 Å².